The molecule has 0 saturated carbocycles. The zero-order valence-electron chi connectivity index (χ0n) is 17.1. The third kappa shape index (κ3) is 5.54. The standard InChI is InChI=1S/C26H24N2O3/c27-23-16-28-26(31-19-22-14-8-3-9-15-22)25(30-18-21-12-6-2-7-13-21)24(23)29-17-20-10-4-1-5-11-20/h1-16H,17-19,27H2. The van der Waals surface area contributed by atoms with Gasteiger partial charge < -0.3 is 19.9 Å². The molecular weight excluding hydrogens is 388 g/mol. The average Bonchev–Trinajstić information content (AvgIpc) is 2.83. The molecule has 0 unspecified atom stereocenters. The fraction of sp³-hybridized carbons (Fsp3) is 0.115. The minimum Gasteiger partial charge on any atom is -0.483 e. The number of aromatic nitrogens is 1. The predicted octanol–water partition coefficient (Wildman–Crippen LogP) is 5.40. The van der Waals surface area contributed by atoms with E-state index in [-0.39, 0.29) is 0 Å². The molecule has 0 amide bonds. The van der Waals surface area contributed by atoms with E-state index in [1.165, 1.54) is 6.20 Å². The van der Waals surface area contributed by atoms with E-state index in [9.17, 15) is 0 Å². The fourth-order valence-electron chi connectivity index (χ4n) is 3.04. The second kappa shape index (κ2) is 10.2. The first-order valence-corrected chi connectivity index (χ1v) is 10.1. The van der Waals surface area contributed by atoms with Crippen molar-refractivity contribution in [2.24, 2.45) is 0 Å². The van der Waals surface area contributed by atoms with Crippen LogP contribution < -0.4 is 19.9 Å². The van der Waals surface area contributed by atoms with Crippen LogP contribution >= 0.6 is 0 Å². The van der Waals surface area contributed by atoms with Crippen molar-refractivity contribution in [1.29, 1.82) is 0 Å². The SMILES string of the molecule is Nc1cnc(OCc2ccccc2)c(OCc2ccccc2)c1OCc1ccccc1. The lowest BCUT2D eigenvalue weighted by molar-refractivity contribution is 0.224. The summed E-state index contributed by atoms with van der Waals surface area (Å²) >= 11 is 0. The second-order valence-corrected chi connectivity index (χ2v) is 7.00. The summed E-state index contributed by atoms with van der Waals surface area (Å²) in [4.78, 5) is 4.37. The molecule has 5 heteroatoms. The molecule has 0 aliphatic rings. The van der Waals surface area contributed by atoms with Crippen LogP contribution in [0.25, 0.3) is 0 Å². The van der Waals surface area contributed by atoms with Crippen LogP contribution in [-0.4, -0.2) is 4.98 Å². The maximum absolute atomic E-state index is 6.21. The number of nitrogens with two attached hydrogens (primary N) is 1. The molecule has 0 aliphatic carbocycles. The zero-order chi connectivity index (χ0) is 21.3. The highest BCUT2D eigenvalue weighted by atomic mass is 16.5. The minimum absolute atomic E-state index is 0.343. The monoisotopic (exact) mass is 412 g/mol. The molecule has 0 bridgehead atoms. The van der Waals surface area contributed by atoms with E-state index in [1.807, 2.05) is 91.0 Å². The van der Waals surface area contributed by atoms with Crippen LogP contribution in [0.4, 0.5) is 5.69 Å². The van der Waals surface area contributed by atoms with Gasteiger partial charge in [0.1, 0.15) is 19.8 Å². The number of pyridine rings is 1. The van der Waals surface area contributed by atoms with E-state index in [2.05, 4.69) is 4.98 Å². The highest BCUT2D eigenvalue weighted by Crippen LogP contribution is 2.41. The van der Waals surface area contributed by atoms with Gasteiger partial charge in [-0.2, -0.15) is 0 Å². The summed E-state index contributed by atoms with van der Waals surface area (Å²) in [5.74, 6) is 1.17. The maximum Gasteiger partial charge on any atom is 0.261 e. The molecule has 0 spiro atoms. The van der Waals surface area contributed by atoms with Crippen molar-refractivity contribution < 1.29 is 14.2 Å². The summed E-state index contributed by atoms with van der Waals surface area (Å²) in [6, 6.07) is 29.7. The summed E-state index contributed by atoms with van der Waals surface area (Å²) in [5.41, 5.74) is 9.68. The molecule has 1 aromatic heterocycles. The molecule has 0 radical (unpaired) electrons. The lowest BCUT2D eigenvalue weighted by Gasteiger charge is -2.18. The molecule has 0 fully saturated rings. The Hall–Kier alpha value is -3.99. The molecule has 0 atom stereocenters. The van der Waals surface area contributed by atoms with E-state index in [1.54, 1.807) is 0 Å². The molecule has 0 aliphatic heterocycles. The molecule has 4 aromatic rings. The third-order valence-electron chi connectivity index (χ3n) is 4.65. The van der Waals surface area contributed by atoms with Crippen LogP contribution in [0.1, 0.15) is 16.7 Å². The van der Waals surface area contributed by atoms with Gasteiger partial charge in [-0.1, -0.05) is 91.0 Å². The first kappa shape index (κ1) is 20.3. The molecule has 5 nitrogen and oxygen atoms in total. The van der Waals surface area contributed by atoms with Gasteiger partial charge in [-0.3, -0.25) is 0 Å². The maximum atomic E-state index is 6.21. The second-order valence-electron chi connectivity index (χ2n) is 7.00. The number of rotatable bonds is 9. The van der Waals surface area contributed by atoms with Crippen molar-refractivity contribution in [3.05, 3.63) is 114 Å². The number of nitrogen functional groups attached to an aromatic ring is 1. The van der Waals surface area contributed by atoms with Crippen LogP contribution in [0, 0.1) is 0 Å². The summed E-state index contributed by atoms with van der Waals surface area (Å²) in [5, 5.41) is 0. The third-order valence-corrected chi connectivity index (χ3v) is 4.65. The lowest BCUT2D eigenvalue weighted by Crippen LogP contribution is -2.07. The highest BCUT2D eigenvalue weighted by Gasteiger charge is 2.19. The van der Waals surface area contributed by atoms with E-state index in [4.69, 9.17) is 19.9 Å². The van der Waals surface area contributed by atoms with Crippen LogP contribution in [0.3, 0.4) is 0 Å². The van der Waals surface area contributed by atoms with Crippen LogP contribution in [-0.2, 0) is 19.8 Å². The molecular formula is C26H24N2O3. The fourth-order valence-corrected chi connectivity index (χ4v) is 3.04. The summed E-state index contributed by atoms with van der Waals surface area (Å²) in [6.07, 6.45) is 1.54. The number of hydrogen-bond acceptors (Lipinski definition) is 5. The molecule has 3 aromatic carbocycles. The molecule has 1 heterocycles. The number of benzene rings is 3. The van der Waals surface area contributed by atoms with Crippen LogP contribution in [0.15, 0.2) is 97.2 Å². The van der Waals surface area contributed by atoms with Gasteiger partial charge in [0.15, 0.2) is 5.75 Å². The van der Waals surface area contributed by atoms with Gasteiger partial charge in [-0.25, -0.2) is 4.98 Å². The van der Waals surface area contributed by atoms with Crippen molar-refractivity contribution in [3.63, 3.8) is 0 Å². The van der Waals surface area contributed by atoms with Gasteiger partial charge >= 0.3 is 0 Å². The minimum atomic E-state index is 0.343. The van der Waals surface area contributed by atoms with Gasteiger partial charge in [0.25, 0.3) is 5.88 Å². The lowest BCUT2D eigenvalue weighted by atomic mass is 10.2. The molecule has 31 heavy (non-hydrogen) atoms. The Kier molecular flexibility index (Phi) is 6.65. The van der Waals surface area contributed by atoms with Crippen molar-refractivity contribution in [2.45, 2.75) is 19.8 Å². The Balaban J connectivity index is 1.59. The van der Waals surface area contributed by atoms with E-state index < -0.39 is 0 Å². The first-order chi connectivity index (χ1) is 15.3. The van der Waals surface area contributed by atoms with Gasteiger partial charge in [0.2, 0.25) is 5.75 Å². The Labute approximate surface area is 182 Å². The van der Waals surface area contributed by atoms with Crippen molar-refractivity contribution in [2.75, 3.05) is 5.73 Å². The van der Waals surface area contributed by atoms with E-state index >= 15 is 0 Å². The number of hydrogen-bond donors (Lipinski definition) is 1. The normalized spacial score (nSPS) is 10.5. The molecule has 156 valence electrons. The summed E-state index contributed by atoms with van der Waals surface area (Å²) in [6.45, 7) is 1.06. The number of ether oxygens (including phenoxy) is 3. The van der Waals surface area contributed by atoms with Gasteiger partial charge in [0.05, 0.1) is 11.9 Å². The highest BCUT2D eigenvalue weighted by molar-refractivity contribution is 5.62. The summed E-state index contributed by atoms with van der Waals surface area (Å²) in [7, 11) is 0. The molecule has 2 N–H and O–H groups in total. The molecule has 4 rings (SSSR count). The van der Waals surface area contributed by atoms with Crippen LogP contribution in [0.5, 0.6) is 17.4 Å². The largest absolute Gasteiger partial charge is 0.483 e. The van der Waals surface area contributed by atoms with Gasteiger partial charge in [-0.05, 0) is 16.7 Å². The van der Waals surface area contributed by atoms with Gasteiger partial charge in [-0.15, -0.1) is 0 Å². The average molecular weight is 412 g/mol. The first-order valence-electron chi connectivity index (χ1n) is 10.1. The van der Waals surface area contributed by atoms with E-state index in [0.717, 1.165) is 16.7 Å². The van der Waals surface area contributed by atoms with Crippen molar-refractivity contribution >= 4 is 5.69 Å². The van der Waals surface area contributed by atoms with Crippen LogP contribution in [0.2, 0.25) is 0 Å². The smallest absolute Gasteiger partial charge is 0.261 e. The Morgan fingerprint density at radius 2 is 0.968 bits per heavy atom. The number of nitrogens with zero attached hydrogens (tertiary/aromatic N) is 1. The van der Waals surface area contributed by atoms with Gasteiger partial charge in [0, 0.05) is 0 Å². The topological polar surface area (TPSA) is 66.6 Å². The van der Waals surface area contributed by atoms with Crippen molar-refractivity contribution in [1.82, 2.24) is 4.98 Å². The quantitative estimate of drug-likeness (QED) is 0.399. The van der Waals surface area contributed by atoms with Crippen molar-refractivity contribution in [3.8, 4) is 17.4 Å². The summed E-state index contributed by atoms with van der Waals surface area (Å²) < 4.78 is 18.2. The predicted molar refractivity (Wildman–Crippen MR) is 121 cm³/mol. The van der Waals surface area contributed by atoms with E-state index in [0.29, 0.717) is 42.9 Å². The zero-order valence-corrected chi connectivity index (χ0v) is 17.1. The molecule has 0 saturated heterocycles. The Morgan fingerprint density at radius 3 is 1.45 bits per heavy atom. The Morgan fingerprint density at radius 1 is 0.548 bits per heavy atom. The number of anilines is 1. The Bertz CT molecular complexity index is 1090.